The van der Waals surface area contributed by atoms with Crippen molar-refractivity contribution in [1.29, 1.82) is 0 Å². The van der Waals surface area contributed by atoms with Crippen molar-refractivity contribution in [2.24, 2.45) is 5.73 Å². The van der Waals surface area contributed by atoms with Crippen molar-refractivity contribution in [1.82, 2.24) is 0 Å². The lowest BCUT2D eigenvalue weighted by atomic mass is 10.0. The second-order valence-corrected chi connectivity index (χ2v) is 3.45. The van der Waals surface area contributed by atoms with Gasteiger partial charge in [0.2, 0.25) is 0 Å². The number of nitrogens with two attached hydrogens (primary N) is 1. The van der Waals surface area contributed by atoms with Gasteiger partial charge in [0.25, 0.3) is 0 Å². The number of rotatable bonds is 4. The monoisotopic (exact) mass is 221 g/mol. The first-order valence-corrected chi connectivity index (χ1v) is 5.33. The minimum Gasteiger partial charge on any atom is -0.462 e. The third kappa shape index (κ3) is 2.67. The molecule has 0 spiro atoms. The van der Waals surface area contributed by atoms with Crippen molar-refractivity contribution in [3.63, 3.8) is 0 Å². The Labute approximate surface area is 94.7 Å². The molecule has 0 radical (unpaired) electrons. The van der Waals surface area contributed by atoms with Gasteiger partial charge in [-0.15, -0.1) is 0 Å². The summed E-state index contributed by atoms with van der Waals surface area (Å²) >= 11 is 0. The molecule has 2 N–H and O–H groups in total. The summed E-state index contributed by atoms with van der Waals surface area (Å²) in [6, 6.07) is 0. The summed E-state index contributed by atoms with van der Waals surface area (Å²) in [5, 5.41) is 0. The van der Waals surface area contributed by atoms with Crippen LogP contribution >= 0.6 is 0 Å². The van der Waals surface area contributed by atoms with Gasteiger partial charge in [0, 0.05) is 6.54 Å². The highest BCUT2D eigenvalue weighted by atomic mass is 16.7. The third-order valence-corrected chi connectivity index (χ3v) is 2.26. The van der Waals surface area contributed by atoms with Gasteiger partial charge in [0.05, 0.1) is 0 Å². The summed E-state index contributed by atoms with van der Waals surface area (Å²) in [7, 11) is 0. The number of ether oxygens (including phenoxy) is 3. The van der Waals surface area contributed by atoms with E-state index < -0.39 is 0 Å². The van der Waals surface area contributed by atoms with Crippen molar-refractivity contribution in [3.05, 3.63) is 48.0 Å². The molecule has 0 saturated carbocycles. The molecule has 0 unspecified atom stereocenters. The summed E-state index contributed by atoms with van der Waals surface area (Å²) in [6.45, 7) is 0.872. The lowest BCUT2D eigenvalue weighted by molar-refractivity contribution is 0.0564. The summed E-state index contributed by atoms with van der Waals surface area (Å²) in [5.74, 6) is 1.09. The predicted octanol–water partition coefficient (Wildman–Crippen LogP) is 1.93. The first-order chi connectivity index (χ1) is 7.90. The minimum absolute atomic E-state index is 0.348. The van der Waals surface area contributed by atoms with Crippen LogP contribution in [0.4, 0.5) is 0 Å². The molecule has 0 saturated heterocycles. The van der Waals surface area contributed by atoms with E-state index in [9.17, 15) is 0 Å². The number of allylic oxidation sites excluding steroid dienone is 4. The smallest absolute Gasteiger partial charge is 0.321 e. The van der Waals surface area contributed by atoms with Crippen molar-refractivity contribution in [3.8, 4) is 0 Å². The first-order valence-electron chi connectivity index (χ1n) is 5.33. The minimum atomic E-state index is 0.348. The molecule has 0 atom stereocenters. The van der Waals surface area contributed by atoms with Crippen LogP contribution in [-0.2, 0) is 14.2 Å². The zero-order valence-corrected chi connectivity index (χ0v) is 9.02. The second-order valence-electron chi connectivity index (χ2n) is 3.45. The molecule has 2 rings (SSSR count). The van der Waals surface area contributed by atoms with Gasteiger partial charge in [-0.1, -0.05) is 18.2 Å². The van der Waals surface area contributed by atoms with Crippen molar-refractivity contribution < 1.29 is 14.2 Å². The molecular formula is C12H15NO3. The van der Waals surface area contributed by atoms with Crippen LogP contribution in [0.3, 0.4) is 0 Å². The van der Waals surface area contributed by atoms with Crippen LogP contribution in [0.5, 0.6) is 0 Å². The standard InChI is InChI=1S/C12H15NO3/c13-6-7-14-12-9-15-11(8-16-12)10-4-2-1-3-5-10/h1-2,4,8-9H,3,5-7,13H2. The Morgan fingerprint density at radius 3 is 2.88 bits per heavy atom. The molecule has 0 aromatic heterocycles. The van der Waals surface area contributed by atoms with Gasteiger partial charge in [-0.05, 0) is 18.4 Å². The van der Waals surface area contributed by atoms with E-state index in [0.29, 0.717) is 19.1 Å². The fourth-order valence-electron chi connectivity index (χ4n) is 1.47. The van der Waals surface area contributed by atoms with Gasteiger partial charge in [-0.25, -0.2) is 0 Å². The Kier molecular flexibility index (Phi) is 3.66. The van der Waals surface area contributed by atoms with E-state index in [1.165, 1.54) is 6.26 Å². The summed E-state index contributed by atoms with van der Waals surface area (Å²) < 4.78 is 15.9. The average Bonchev–Trinajstić information content (AvgIpc) is 2.38. The van der Waals surface area contributed by atoms with Crippen LogP contribution in [0.15, 0.2) is 48.0 Å². The summed E-state index contributed by atoms with van der Waals surface area (Å²) in [4.78, 5) is 0. The van der Waals surface area contributed by atoms with Crippen LogP contribution < -0.4 is 5.73 Å². The molecule has 0 fully saturated rings. The fourth-order valence-corrected chi connectivity index (χ4v) is 1.47. The maximum absolute atomic E-state index is 5.43. The van der Waals surface area contributed by atoms with Crippen LogP contribution in [0, 0.1) is 0 Å². The quantitative estimate of drug-likeness (QED) is 0.788. The fraction of sp³-hybridized carbons (Fsp3) is 0.333. The van der Waals surface area contributed by atoms with Crippen molar-refractivity contribution >= 4 is 0 Å². The zero-order valence-electron chi connectivity index (χ0n) is 9.02. The predicted molar refractivity (Wildman–Crippen MR) is 59.8 cm³/mol. The third-order valence-electron chi connectivity index (χ3n) is 2.26. The van der Waals surface area contributed by atoms with E-state index in [1.54, 1.807) is 6.26 Å². The largest absolute Gasteiger partial charge is 0.462 e. The molecule has 0 amide bonds. The average molecular weight is 221 g/mol. The Bertz CT molecular complexity index is 366. The molecule has 86 valence electrons. The maximum atomic E-state index is 5.43. The van der Waals surface area contributed by atoms with Crippen LogP contribution in [-0.4, -0.2) is 13.2 Å². The molecule has 0 bridgehead atoms. The summed E-state index contributed by atoms with van der Waals surface area (Å²) in [6.07, 6.45) is 11.2. The molecule has 1 heterocycles. The van der Waals surface area contributed by atoms with Gasteiger partial charge < -0.3 is 19.9 Å². The van der Waals surface area contributed by atoms with E-state index in [2.05, 4.69) is 6.08 Å². The topological polar surface area (TPSA) is 53.7 Å². The Balaban J connectivity index is 1.90. The van der Waals surface area contributed by atoms with Crippen LogP contribution in [0.2, 0.25) is 0 Å². The van der Waals surface area contributed by atoms with Gasteiger partial charge >= 0.3 is 5.95 Å². The number of hydrogen-bond acceptors (Lipinski definition) is 4. The Hall–Kier alpha value is -1.68. The zero-order chi connectivity index (χ0) is 11.2. The molecular weight excluding hydrogens is 206 g/mol. The molecule has 1 aliphatic carbocycles. The van der Waals surface area contributed by atoms with Gasteiger partial charge in [0.15, 0.2) is 12.0 Å². The molecule has 4 heteroatoms. The maximum Gasteiger partial charge on any atom is 0.321 e. The molecule has 0 aromatic carbocycles. The lowest BCUT2D eigenvalue weighted by Gasteiger charge is -2.17. The highest BCUT2D eigenvalue weighted by molar-refractivity contribution is 5.32. The number of hydrogen-bond donors (Lipinski definition) is 1. The highest BCUT2D eigenvalue weighted by Crippen LogP contribution is 2.25. The van der Waals surface area contributed by atoms with Crippen LogP contribution in [0.25, 0.3) is 0 Å². The Morgan fingerprint density at radius 2 is 2.25 bits per heavy atom. The van der Waals surface area contributed by atoms with Crippen molar-refractivity contribution in [2.75, 3.05) is 13.2 Å². The molecule has 4 nitrogen and oxygen atoms in total. The van der Waals surface area contributed by atoms with Gasteiger partial charge in [-0.2, -0.15) is 0 Å². The molecule has 0 aromatic rings. The van der Waals surface area contributed by atoms with E-state index in [4.69, 9.17) is 19.9 Å². The van der Waals surface area contributed by atoms with Crippen molar-refractivity contribution in [2.45, 2.75) is 12.8 Å². The highest BCUT2D eigenvalue weighted by Gasteiger charge is 2.13. The molecule has 1 aliphatic heterocycles. The summed E-state index contributed by atoms with van der Waals surface area (Å²) in [5.41, 5.74) is 6.44. The Morgan fingerprint density at radius 1 is 1.31 bits per heavy atom. The molecule has 2 aliphatic rings. The van der Waals surface area contributed by atoms with E-state index in [1.807, 2.05) is 12.2 Å². The van der Waals surface area contributed by atoms with E-state index in [-0.39, 0.29) is 0 Å². The van der Waals surface area contributed by atoms with E-state index >= 15 is 0 Å². The SMILES string of the molecule is NCCOC1=COC(C2=CC=CCC2)=CO1. The lowest BCUT2D eigenvalue weighted by Crippen LogP contribution is -2.11. The van der Waals surface area contributed by atoms with Gasteiger partial charge in [0.1, 0.15) is 12.9 Å². The molecule has 16 heavy (non-hydrogen) atoms. The van der Waals surface area contributed by atoms with Crippen LogP contribution in [0.1, 0.15) is 12.8 Å². The van der Waals surface area contributed by atoms with Gasteiger partial charge in [-0.3, -0.25) is 0 Å². The second kappa shape index (κ2) is 5.42. The normalized spacial score (nSPS) is 18.9. The van der Waals surface area contributed by atoms with E-state index in [0.717, 1.165) is 24.2 Å². The first kappa shape index (κ1) is 10.8.